The molecule has 24 heteroatoms. The van der Waals surface area contributed by atoms with Gasteiger partial charge < -0.3 is 63.2 Å². The van der Waals surface area contributed by atoms with Crippen LogP contribution in [-0.2, 0) is 56.5 Å². The van der Waals surface area contributed by atoms with Crippen LogP contribution < -0.4 is 0 Å². The van der Waals surface area contributed by atoms with Crippen molar-refractivity contribution in [3.63, 3.8) is 0 Å². The van der Waals surface area contributed by atoms with E-state index in [2.05, 4.69) is 63.6 Å². The van der Waals surface area contributed by atoms with Crippen LogP contribution in [0.15, 0.2) is 25.3 Å². The van der Waals surface area contributed by atoms with E-state index in [1.807, 2.05) is 0 Å². The topological polar surface area (TPSA) is 183 Å². The normalized spacial score (nSPS) is 17.2. The largest absolute Gasteiger partial charge is 0.494 e. The molecule has 0 radical (unpaired) electrons. The van der Waals surface area contributed by atoms with Crippen molar-refractivity contribution in [2.75, 3.05) is 136 Å². The Labute approximate surface area is 337 Å². The molecule has 320 valence electrons. The van der Waals surface area contributed by atoms with Gasteiger partial charge in [-0.1, -0.05) is 0 Å². The predicted octanol–water partition coefficient (Wildman–Crippen LogP) is 0.283. The molecule has 0 amide bonds. The summed E-state index contributed by atoms with van der Waals surface area (Å²) < 4.78 is 59.1. The maximum Gasteiger partial charge on any atom is 0.494 e. The molecule has 20 nitrogen and oxygen atoms in total. The number of nitrogens with zero attached hydrogens (tertiary/aromatic N) is 10. The van der Waals surface area contributed by atoms with Gasteiger partial charge in [0.25, 0.3) is 0 Å². The van der Waals surface area contributed by atoms with Gasteiger partial charge in [-0.3, -0.25) is 0 Å². The number of aryl methyl sites for hydroxylation is 2. The Hall–Kier alpha value is -1.67. The standard InChI is InChI=1S/C18H42N4O5Si2.C14H24N6O5Si2/c1-19-7-11-21(12-8-19)15-17-28(23-3,24-4)27-29(25-5,26-6)18-16-22-13-9-20(2)10-14-22;1-21-26(22-2,7-5-13-17-9-15-10-18-13)25-27(23-3,24-4)8-6-14-19-11-16-12-20-14/h7-18H2,1-6H3;9-12H,5-8H2,1-4H3. The Balaban J connectivity index is 0.000000301. The van der Waals surface area contributed by atoms with Crippen molar-refractivity contribution in [1.82, 2.24) is 49.5 Å². The van der Waals surface area contributed by atoms with Gasteiger partial charge in [-0.2, -0.15) is 0 Å². The quantitative estimate of drug-likeness (QED) is 0.131. The zero-order valence-electron chi connectivity index (χ0n) is 35.2. The van der Waals surface area contributed by atoms with Crippen molar-refractivity contribution in [1.29, 1.82) is 0 Å². The van der Waals surface area contributed by atoms with Gasteiger partial charge in [-0.25, -0.2) is 29.9 Å². The molecule has 0 bridgehead atoms. The highest BCUT2D eigenvalue weighted by molar-refractivity contribution is 6.75. The fraction of sp³-hybridized carbons (Fsp3) is 0.812. The average molecular weight is 863 g/mol. The van der Waals surface area contributed by atoms with Crippen molar-refractivity contribution < 1.29 is 43.6 Å². The van der Waals surface area contributed by atoms with Gasteiger partial charge >= 0.3 is 35.2 Å². The van der Waals surface area contributed by atoms with Gasteiger partial charge in [-0.05, 0) is 14.1 Å². The molecule has 2 fully saturated rings. The SMILES string of the molecule is CO[Si](CCN1CCN(C)CC1)(OC)O[Si](CCN1CCN(C)CC1)(OC)OC.CO[Si](CCc1ncncn1)(OC)O[Si](CCc1ncncn1)(OC)OC. The van der Waals surface area contributed by atoms with Crippen LogP contribution in [0.25, 0.3) is 0 Å². The molecule has 0 aliphatic carbocycles. The lowest BCUT2D eigenvalue weighted by atomic mass is 10.3. The number of aromatic nitrogens is 6. The molecule has 2 aliphatic rings. The van der Waals surface area contributed by atoms with E-state index in [0.29, 0.717) is 36.6 Å². The lowest BCUT2D eigenvalue weighted by Gasteiger charge is -2.39. The number of hydrogen-bond acceptors (Lipinski definition) is 20. The van der Waals surface area contributed by atoms with E-state index in [0.717, 1.165) is 77.5 Å². The summed E-state index contributed by atoms with van der Waals surface area (Å²) >= 11 is 0. The van der Waals surface area contributed by atoms with Crippen LogP contribution >= 0.6 is 0 Å². The van der Waals surface area contributed by atoms with Gasteiger partial charge in [0.15, 0.2) is 0 Å². The summed E-state index contributed by atoms with van der Waals surface area (Å²) in [5.74, 6) is 1.26. The van der Waals surface area contributed by atoms with E-state index in [4.69, 9.17) is 43.6 Å². The summed E-state index contributed by atoms with van der Waals surface area (Å²) in [6.45, 7) is 10.4. The lowest BCUT2D eigenvalue weighted by Crippen LogP contribution is -2.59. The van der Waals surface area contributed by atoms with Crippen molar-refractivity contribution in [2.45, 2.75) is 37.0 Å². The summed E-state index contributed by atoms with van der Waals surface area (Å²) in [5.41, 5.74) is 0. The summed E-state index contributed by atoms with van der Waals surface area (Å²) in [7, 11) is 5.35. The number of piperazine rings is 2. The lowest BCUT2D eigenvalue weighted by molar-refractivity contribution is 0.0772. The molecule has 0 saturated carbocycles. The minimum Gasteiger partial charge on any atom is -0.377 e. The average Bonchev–Trinajstić information content (AvgIpc) is 3.26. The zero-order valence-corrected chi connectivity index (χ0v) is 39.2. The minimum absolute atomic E-state index is 0.469. The van der Waals surface area contributed by atoms with Crippen molar-refractivity contribution in [2.24, 2.45) is 0 Å². The van der Waals surface area contributed by atoms with Gasteiger partial charge in [-0.15, -0.1) is 0 Å². The monoisotopic (exact) mass is 862 g/mol. The molecule has 2 aromatic heterocycles. The van der Waals surface area contributed by atoms with Crippen LogP contribution in [0.5, 0.6) is 0 Å². The third-order valence-corrected chi connectivity index (χ3v) is 23.5. The van der Waals surface area contributed by atoms with E-state index in [1.165, 1.54) is 25.3 Å². The van der Waals surface area contributed by atoms with Crippen LogP contribution in [0, 0.1) is 0 Å². The van der Waals surface area contributed by atoms with Crippen LogP contribution in [0.1, 0.15) is 11.6 Å². The molecule has 0 spiro atoms. The molecule has 4 heterocycles. The second-order valence-corrected chi connectivity index (χ2v) is 25.8. The van der Waals surface area contributed by atoms with Gasteiger partial charge in [0.2, 0.25) is 0 Å². The number of likely N-dealkylation sites (N-methyl/N-ethyl adjacent to an activating group) is 2. The van der Waals surface area contributed by atoms with Crippen LogP contribution in [-0.4, -0.2) is 221 Å². The van der Waals surface area contributed by atoms with Crippen LogP contribution in [0.4, 0.5) is 0 Å². The molecule has 0 aromatic carbocycles. The van der Waals surface area contributed by atoms with E-state index in [1.54, 1.807) is 56.9 Å². The fourth-order valence-electron chi connectivity index (χ4n) is 6.21. The minimum atomic E-state index is -3.08. The van der Waals surface area contributed by atoms with Gasteiger partial charge in [0.1, 0.15) is 37.0 Å². The Morgan fingerprint density at radius 2 is 0.696 bits per heavy atom. The Bertz CT molecular complexity index is 1220. The number of rotatable bonds is 24. The van der Waals surface area contributed by atoms with Crippen molar-refractivity contribution >= 4 is 35.2 Å². The molecule has 2 aliphatic heterocycles. The molecule has 56 heavy (non-hydrogen) atoms. The zero-order chi connectivity index (χ0) is 40.9. The third-order valence-electron chi connectivity index (χ3n) is 10.2. The van der Waals surface area contributed by atoms with Crippen LogP contribution in [0.2, 0.25) is 24.2 Å². The Kier molecular flexibility index (Phi) is 21.8. The highest BCUT2D eigenvalue weighted by atomic mass is 28.5. The first-order valence-electron chi connectivity index (χ1n) is 18.9. The summed E-state index contributed by atoms with van der Waals surface area (Å²) in [6.07, 6.45) is 6.83. The van der Waals surface area contributed by atoms with E-state index >= 15 is 0 Å². The molecular formula is C32H66N10O10Si4. The number of hydrogen-bond donors (Lipinski definition) is 0. The highest BCUT2D eigenvalue weighted by Crippen LogP contribution is 2.27. The molecule has 0 N–H and O–H groups in total. The van der Waals surface area contributed by atoms with Gasteiger partial charge in [0.05, 0.1) is 0 Å². The molecular weight excluding hydrogens is 797 g/mol. The van der Waals surface area contributed by atoms with Crippen LogP contribution in [0.3, 0.4) is 0 Å². The Morgan fingerprint density at radius 3 is 0.964 bits per heavy atom. The van der Waals surface area contributed by atoms with E-state index < -0.39 is 35.2 Å². The van der Waals surface area contributed by atoms with Gasteiger partial charge in [0, 0.05) is 159 Å². The first kappa shape index (κ1) is 48.7. The predicted molar refractivity (Wildman–Crippen MR) is 215 cm³/mol. The first-order chi connectivity index (χ1) is 27.0. The molecule has 0 atom stereocenters. The fourth-order valence-corrected chi connectivity index (χ4v) is 18.8. The van der Waals surface area contributed by atoms with E-state index in [9.17, 15) is 0 Å². The van der Waals surface area contributed by atoms with Crippen molar-refractivity contribution in [3.8, 4) is 0 Å². The van der Waals surface area contributed by atoms with E-state index in [-0.39, 0.29) is 0 Å². The maximum atomic E-state index is 6.56. The highest BCUT2D eigenvalue weighted by Gasteiger charge is 2.53. The second-order valence-electron chi connectivity index (χ2n) is 13.5. The first-order valence-corrected chi connectivity index (χ1v) is 26.6. The summed E-state index contributed by atoms with van der Waals surface area (Å²) in [6, 6.07) is 2.41. The smallest absolute Gasteiger partial charge is 0.377 e. The Morgan fingerprint density at radius 1 is 0.429 bits per heavy atom. The molecule has 4 rings (SSSR count). The molecule has 2 aromatic rings. The maximum absolute atomic E-state index is 6.56. The molecule has 2 saturated heterocycles. The third kappa shape index (κ3) is 15.5. The molecule has 0 unspecified atom stereocenters. The van der Waals surface area contributed by atoms with Crippen molar-refractivity contribution in [3.05, 3.63) is 37.0 Å². The summed E-state index contributed by atoms with van der Waals surface area (Å²) in [5, 5.41) is 0. The second kappa shape index (κ2) is 25.1. The summed E-state index contributed by atoms with van der Waals surface area (Å²) in [4.78, 5) is 33.7.